The van der Waals surface area contributed by atoms with Crippen molar-refractivity contribution in [3.8, 4) is 0 Å². The second-order valence-electron chi connectivity index (χ2n) is 4.46. The molecule has 0 saturated carbocycles. The van der Waals surface area contributed by atoms with Crippen molar-refractivity contribution < 1.29 is 14.9 Å². The number of nitrogen functional groups attached to an aromatic ring is 1. The average molecular weight is 302 g/mol. The zero-order chi connectivity index (χ0) is 14.4. The second kappa shape index (κ2) is 4.70. The molecule has 0 aromatic carbocycles. The number of aliphatic hydroxyl groups excluding tert-OH is 2. The van der Waals surface area contributed by atoms with Crippen molar-refractivity contribution in [1.82, 2.24) is 19.5 Å². The first-order chi connectivity index (χ1) is 9.52. The molecule has 5 N–H and O–H groups in total. The van der Waals surface area contributed by atoms with Gasteiger partial charge in [0.15, 0.2) is 17.4 Å². The van der Waals surface area contributed by atoms with Crippen LogP contribution >= 0.6 is 11.6 Å². The number of nitrogens with zero attached hydrogens (tertiary/aromatic N) is 3. The molecule has 3 rings (SSSR count). The van der Waals surface area contributed by atoms with Crippen LogP contribution in [-0.2, 0) is 4.74 Å². The number of aliphatic hydroxyl groups is 2. The van der Waals surface area contributed by atoms with Gasteiger partial charge in [-0.1, -0.05) is 0 Å². The predicted molar refractivity (Wildman–Crippen MR) is 69.2 cm³/mol. The summed E-state index contributed by atoms with van der Waals surface area (Å²) in [5.41, 5.74) is 5.31. The lowest BCUT2D eigenvalue weighted by Crippen LogP contribution is -2.29. The summed E-state index contributed by atoms with van der Waals surface area (Å²) >= 11 is 6.09. The molecule has 1 saturated heterocycles. The molecule has 3 heterocycles. The fourth-order valence-corrected chi connectivity index (χ4v) is 2.55. The number of nitrogens with two attached hydrogens (primary N) is 1. The minimum absolute atomic E-state index is 0.0624. The number of hydrogen-bond donors (Lipinski definition) is 4. The predicted octanol–water partition coefficient (Wildman–Crippen LogP) is -1.44. The Morgan fingerprint density at radius 1 is 1.60 bits per heavy atom. The monoisotopic (exact) mass is 301 g/mol. The van der Waals surface area contributed by atoms with E-state index in [1.807, 2.05) is 0 Å². The van der Waals surface area contributed by atoms with Crippen LogP contribution in [-0.4, -0.2) is 53.9 Å². The number of hydrogen-bond acceptors (Lipinski definition) is 7. The van der Waals surface area contributed by atoms with Gasteiger partial charge in [-0.25, -0.2) is 4.98 Å². The molecule has 9 nitrogen and oxygen atoms in total. The maximum absolute atomic E-state index is 11.7. The lowest BCUT2D eigenvalue weighted by Gasteiger charge is -2.15. The first kappa shape index (κ1) is 13.3. The summed E-state index contributed by atoms with van der Waals surface area (Å²) in [6, 6.07) is 0. The molecule has 1 unspecified atom stereocenters. The van der Waals surface area contributed by atoms with Crippen molar-refractivity contribution in [2.45, 2.75) is 23.8 Å². The lowest BCUT2D eigenvalue weighted by atomic mass is 10.2. The maximum atomic E-state index is 11.7. The number of H-pyrrole nitrogens is 1. The number of aromatic nitrogens is 4. The zero-order valence-electron chi connectivity index (χ0n) is 10.1. The van der Waals surface area contributed by atoms with Crippen LogP contribution in [0.2, 0.25) is 0 Å². The quantitative estimate of drug-likeness (QED) is 0.498. The first-order valence-corrected chi connectivity index (χ1v) is 6.27. The van der Waals surface area contributed by atoms with Crippen LogP contribution in [0.1, 0.15) is 6.23 Å². The summed E-state index contributed by atoms with van der Waals surface area (Å²) in [5, 5.41) is 18.1. The number of ether oxygens (including phenoxy) is 1. The van der Waals surface area contributed by atoms with E-state index in [9.17, 15) is 9.90 Å². The van der Waals surface area contributed by atoms with Gasteiger partial charge in [0.05, 0.1) is 12.9 Å². The van der Waals surface area contributed by atoms with Crippen molar-refractivity contribution in [2.24, 2.45) is 0 Å². The normalized spacial score (nSPS) is 30.1. The van der Waals surface area contributed by atoms with E-state index in [4.69, 9.17) is 27.2 Å². The minimum Gasteiger partial charge on any atom is -0.394 e. The highest BCUT2D eigenvalue weighted by atomic mass is 35.5. The van der Waals surface area contributed by atoms with Gasteiger partial charge in [0.2, 0.25) is 5.95 Å². The topological polar surface area (TPSA) is 139 Å². The van der Waals surface area contributed by atoms with Gasteiger partial charge in [0.25, 0.3) is 5.56 Å². The number of alkyl halides is 1. The average Bonchev–Trinajstić information content (AvgIpc) is 2.93. The fourth-order valence-electron chi connectivity index (χ4n) is 2.21. The van der Waals surface area contributed by atoms with Crippen LogP contribution in [0.3, 0.4) is 0 Å². The van der Waals surface area contributed by atoms with Crippen molar-refractivity contribution in [3.05, 3.63) is 16.7 Å². The van der Waals surface area contributed by atoms with E-state index in [0.29, 0.717) is 0 Å². The van der Waals surface area contributed by atoms with E-state index >= 15 is 0 Å². The molecular formula is C10H12ClN5O4. The Hall–Kier alpha value is -1.68. The summed E-state index contributed by atoms with van der Waals surface area (Å²) in [4.78, 5) is 21.9. The third kappa shape index (κ3) is 1.86. The fraction of sp³-hybridized carbons (Fsp3) is 0.500. The van der Waals surface area contributed by atoms with Crippen LogP contribution in [0.5, 0.6) is 0 Å². The zero-order valence-corrected chi connectivity index (χ0v) is 10.9. The van der Waals surface area contributed by atoms with Gasteiger partial charge < -0.3 is 20.7 Å². The third-order valence-electron chi connectivity index (χ3n) is 3.20. The molecule has 2 aromatic rings. The van der Waals surface area contributed by atoms with Gasteiger partial charge in [-0.2, -0.15) is 4.98 Å². The molecular weight excluding hydrogens is 290 g/mol. The van der Waals surface area contributed by atoms with E-state index in [-0.39, 0.29) is 23.7 Å². The Bertz CT molecular complexity index is 701. The summed E-state index contributed by atoms with van der Waals surface area (Å²) in [7, 11) is 0. The van der Waals surface area contributed by atoms with Crippen molar-refractivity contribution in [2.75, 3.05) is 12.3 Å². The number of rotatable bonds is 2. The van der Waals surface area contributed by atoms with Gasteiger partial charge in [-0.3, -0.25) is 14.3 Å². The molecule has 0 spiro atoms. The van der Waals surface area contributed by atoms with Gasteiger partial charge in [0, 0.05) is 0 Å². The van der Waals surface area contributed by atoms with Crippen LogP contribution in [0.15, 0.2) is 11.1 Å². The standard InChI is InChI=1S/C10H12ClN5O4/c11-4-6(18)3(1-17)20-9(4)16-2-13-5-7(16)14-10(12)15-8(5)19/h2-4,6,9,17-18H,1H2,(H3,12,14,15,19)/t3-,4+,6?,9-/m1/s1. The van der Waals surface area contributed by atoms with Crippen LogP contribution < -0.4 is 11.3 Å². The van der Waals surface area contributed by atoms with Crippen molar-refractivity contribution >= 4 is 28.7 Å². The van der Waals surface area contributed by atoms with Crippen molar-refractivity contribution in [3.63, 3.8) is 0 Å². The van der Waals surface area contributed by atoms with Gasteiger partial charge >= 0.3 is 0 Å². The number of anilines is 1. The molecule has 108 valence electrons. The maximum Gasteiger partial charge on any atom is 0.280 e. The van der Waals surface area contributed by atoms with Gasteiger partial charge in [0.1, 0.15) is 17.6 Å². The van der Waals surface area contributed by atoms with E-state index in [1.54, 1.807) is 0 Å². The smallest absolute Gasteiger partial charge is 0.280 e. The largest absolute Gasteiger partial charge is 0.394 e. The highest BCUT2D eigenvalue weighted by molar-refractivity contribution is 6.21. The number of fused-ring (bicyclic) bond motifs is 1. The highest BCUT2D eigenvalue weighted by Gasteiger charge is 2.43. The molecule has 2 aromatic heterocycles. The SMILES string of the molecule is Nc1nc2c(ncn2[C@@H]2O[C@H](CO)C(O)[C@@H]2Cl)c(=O)[nH]1. The molecule has 0 radical (unpaired) electrons. The van der Waals surface area contributed by atoms with Crippen LogP contribution in [0, 0.1) is 0 Å². The third-order valence-corrected chi connectivity index (χ3v) is 3.67. The molecule has 20 heavy (non-hydrogen) atoms. The Morgan fingerprint density at radius 2 is 2.35 bits per heavy atom. The summed E-state index contributed by atoms with van der Waals surface area (Å²) in [5.74, 6) is -0.0624. The number of halogens is 1. The van der Waals surface area contributed by atoms with Gasteiger partial charge in [-0.15, -0.1) is 11.6 Å². The molecule has 0 amide bonds. The number of nitrogens with one attached hydrogen (secondary N) is 1. The number of aromatic amines is 1. The molecule has 1 aliphatic heterocycles. The molecule has 0 bridgehead atoms. The summed E-state index contributed by atoms with van der Waals surface area (Å²) in [6.45, 7) is -0.371. The molecule has 1 fully saturated rings. The van der Waals surface area contributed by atoms with E-state index in [2.05, 4.69) is 15.0 Å². The lowest BCUT2D eigenvalue weighted by molar-refractivity contribution is -0.0431. The highest BCUT2D eigenvalue weighted by Crippen LogP contribution is 2.34. The summed E-state index contributed by atoms with van der Waals surface area (Å²) in [6.07, 6.45) is -1.32. The van der Waals surface area contributed by atoms with Gasteiger partial charge in [-0.05, 0) is 0 Å². The first-order valence-electron chi connectivity index (χ1n) is 5.83. The molecule has 0 aliphatic carbocycles. The minimum atomic E-state index is -1.04. The second-order valence-corrected chi connectivity index (χ2v) is 4.96. The van der Waals surface area contributed by atoms with E-state index < -0.39 is 29.4 Å². The molecule has 10 heteroatoms. The van der Waals surface area contributed by atoms with Crippen LogP contribution in [0.25, 0.3) is 11.2 Å². The van der Waals surface area contributed by atoms with E-state index in [1.165, 1.54) is 10.9 Å². The number of imidazole rings is 1. The van der Waals surface area contributed by atoms with Crippen molar-refractivity contribution in [1.29, 1.82) is 0 Å². The van der Waals surface area contributed by atoms with Crippen LogP contribution in [0.4, 0.5) is 5.95 Å². The summed E-state index contributed by atoms with van der Waals surface area (Å²) < 4.78 is 6.88. The van der Waals surface area contributed by atoms with E-state index in [0.717, 1.165) is 0 Å². The Kier molecular flexibility index (Phi) is 3.13. The molecule has 4 atom stereocenters. The Balaban J connectivity index is 2.09. The molecule has 1 aliphatic rings. The Labute approximate surface area is 117 Å². The Morgan fingerprint density at radius 3 is 3.00 bits per heavy atom.